The minimum atomic E-state index is -0.253. The molecule has 1 aromatic rings. The SMILES string of the molecule is COC(=O)C1C=C(c2ccc(SCl)cc2)C=CC=[SH]1. The van der Waals surface area contributed by atoms with Gasteiger partial charge in [0.05, 0.1) is 7.11 Å². The maximum absolute atomic E-state index is 11.7. The van der Waals surface area contributed by atoms with Gasteiger partial charge in [-0.25, -0.2) is 0 Å². The lowest BCUT2D eigenvalue weighted by Gasteiger charge is -2.08. The Hall–Kier alpha value is -0.970. The third-order valence-corrected chi connectivity index (χ3v) is 4.68. The lowest BCUT2D eigenvalue weighted by Crippen LogP contribution is -2.14. The molecule has 0 spiro atoms. The van der Waals surface area contributed by atoms with E-state index in [1.54, 1.807) is 0 Å². The standard InChI is InChI=1S/C14H13ClO2S2/c1-17-14(16)13-9-11(3-2-8-18-13)10-4-6-12(19-15)7-5-10/h2-9,13,18H,1H3. The highest BCUT2D eigenvalue weighted by Gasteiger charge is 2.15. The minimum absolute atomic E-state index is 0.216. The van der Waals surface area contributed by atoms with Gasteiger partial charge in [0, 0.05) is 4.90 Å². The fraction of sp³-hybridized carbons (Fsp3) is 0.143. The first-order chi connectivity index (χ1) is 9.24. The normalized spacial score (nSPS) is 18.2. The number of halogens is 1. The number of esters is 1. The second-order valence-corrected chi connectivity index (χ2v) is 6.09. The van der Waals surface area contributed by atoms with Crippen LogP contribution in [0.5, 0.6) is 0 Å². The van der Waals surface area contributed by atoms with Crippen molar-refractivity contribution in [2.24, 2.45) is 0 Å². The molecule has 1 unspecified atom stereocenters. The molecule has 1 aliphatic heterocycles. The van der Waals surface area contributed by atoms with Crippen LogP contribution >= 0.6 is 33.0 Å². The van der Waals surface area contributed by atoms with Crippen LogP contribution in [0.3, 0.4) is 0 Å². The molecule has 1 heterocycles. The van der Waals surface area contributed by atoms with Crippen molar-refractivity contribution in [2.75, 3.05) is 7.11 Å². The predicted molar refractivity (Wildman–Crippen MR) is 86.1 cm³/mol. The molecule has 1 aliphatic rings. The molecule has 0 fully saturated rings. The van der Waals surface area contributed by atoms with E-state index >= 15 is 0 Å². The van der Waals surface area contributed by atoms with Gasteiger partial charge in [0.2, 0.25) is 0 Å². The molecule has 2 rings (SSSR count). The molecule has 0 saturated carbocycles. The molecule has 0 aromatic heterocycles. The monoisotopic (exact) mass is 312 g/mol. The zero-order valence-electron chi connectivity index (χ0n) is 10.2. The van der Waals surface area contributed by atoms with Crippen LogP contribution in [-0.4, -0.2) is 23.7 Å². The van der Waals surface area contributed by atoms with Crippen molar-refractivity contribution >= 4 is 49.9 Å². The predicted octanol–water partition coefficient (Wildman–Crippen LogP) is 3.70. The van der Waals surface area contributed by atoms with Gasteiger partial charge in [0.15, 0.2) is 0 Å². The summed E-state index contributed by atoms with van der Waals surface area (Å²) in [7, 11) is 8.30. The van der Waals surface area contributed by atoms with Crippen molar-refractivity contribution in [3.8, 4) is 0 Å². The third-order valence-electron chi connectivity index (χ3n) is 2.67. The van der Waals surface area contributed by atoms with E-state index < -0.39 is 0 Å². The molecule has 0 amide bonds. The van der Waals surface area contributed by atoms with Crippen molar-refractivity contribution in [3.05, 3.63) is 48.1 Å². The molecule has 0 aliphatic carbocycles. The van der Waals surface area contributed by atoms with Gasteiger partial charge in [-0.1, -0.05) is 30.4 Å². The molecule has 1 aromatic carbocycles. The number of hydrogen-bond donors (Lipinski definition) is 1. The molecule has 0 N–H and O–H groups in total. The maximum Gasteiger partial charge on any atom is 0.322 e. The Balaban J connectivity index is 2.30. The Morgan fingerprint density at radius 2 is 2.11 bits per heavy atom. The van der Waals surface area contributed by atoms with E-state index in [-0.39, 0.29) is 11.2 Å². The quantitative estimate of drug-likeness (QED) is 0.524. The topological polar surface area (TPSA) is 26.3 Å². The number of hydrogen-bond acceptors (Lipinski definition) is 3. The van der Waals surface area contributed by atoms with Crippen molar-refractivity contribution < 1.29 is 9.53 Å². The lowest BCUT2D eigenvalue weighted by atomic mass is 10.0. The fourth-order valence-electron chi connectivity index (χ4n) is 1.70. The summed E-state index contributed by atoms with van der Waals surface area (Å²) in [4.78, 5) is 12.7. The van der Waals surface area contributed by atoms with Crippen molar-refractivity contribution in [3.63, 3.8) is 0 Å². The zero-order valence-corrected chi connectivity index (χ0v) is 12.7. The van der Waals surface area contributed by atoms with E-state index in [0.29, 0.717) is 0 Å². The van der Waals surface area contributed by atoms with E-state index in [1.807, 2.05) is 47.9 Å². The van der Waals surface area contributed by atoms with Crippen LogP contribution in [0.25, 0.3) is 5.57 Å². The van der Waals surface area contributed by atoms with E-state index in [2.05, 4.69) is 0 Å². The van der Waals surface area contributed by atoms with Gasteiger partial charge in [-0.2, -0.15) is 11.4 Å². The summed E-state index contributed by atoms with van der Waals surface area (Å²) in [5, 5.41) is 1.70. The van der Waals surface area contributed by atoms with Crippen LogP contribution in [0.15, 0.2) is 47.4 Å². The maximum atomic E-state index is 11.7. The minimum Gasteiger partial charge on any atom is -0.468 e. The van der Waals surface area contributed by atoms with Crippen LogP contribution in [-0.2, 0) is 9.53 Å². The molecule has 5 heteroatoms. The first-order valence-electron chi connectivity index (χ1n) is 5.63. The Morgan fingerprint density at radius 3 is 2.74 bits per heavy atom. The zero-order chi connectivity index (χ0) is 13.7. The largest absolute Gasteiger partial charge is 0.468 e. The molecular formula is C14H13ClO2S2. The number of rotatable bonds is 3. The van der Waals surface area contributed by atoms with E-state index in [9.17, 15) is 4.79 Å². The summed E-state index contributed by atoms with van der Waals surface area (Å²) in [6.07, 6.45) is 5.90. The molecule has 0 bridgehead atoms. The number of allylic oxidation sites excluding steroid dienone is 3. The summed E-state index contributed by atoms with van der Waals surface area (Å²) in [6, 6.07) is 7.91. The van der Waals surface area contributed by atoms with Gasteiger partial charge < -0.3 is 4.74 Å². The number of carbonyl (C=O) groups is 1. The van der Waals surface area contributed by atoms with Crippen LogP contribution in [0.4, 0.5) is 0 Å². The third kappa shape index (κ3) is 3.75. The number of benzene rings is 1. The summed E-state index contributed by atoms with van der Waals surface area (Å²) in [5.41, 5.74) is 2.08. The smallest absolute Gasteiger partial charge is 0.322 e. The number of methoxy groups -OCH3 is 1. The van der Waals surface area contributed by atoms with Crippen molar-refractivity contribution in [1.29, 1.82) is 0 Å². The van der Waals surface area contributed by atoms with Gasteiger partial charge in [-0.3, -0.25) is 4.79 Å². The first-order valence-corrected chi connectivity index (χ1v) is 8.30. The second-order valence-electron chi connectivity index (χ2n) is 3.85. The van der Waals surface area contributed by atoms with Gasteiger partial charge >= 0.3 is 5.97 Å². The molecule has 100 valence electrons. The number of carbonyl (C=O) groups excluding carboxylic acids is 1. The van der Waals surface area contributed by atoms with Crippen LogP contribution in [0.2, 0.25) is 0 Å². The molecular weight excluding hydrogens is 300 g/mol. The second kappa shape index (κ2) is 6.98. The van der Waals surface area contributed by atoms with Crippen LogP contribution < -0.4 is 0 Å². The average Bonchev–Trinajstić information content (AvgIpc) is 2.72. The highest BCUT2D eigenvalue weighted by atomic mass is 35.7. The number of ether oxygens (including phenoxy) is 1. The highest BCUT2D eigenvalue weighted by molar-refractivity contribution is 8.21. The van der Waals surface area contributed by atoms with Crippen LogP contribution in [0.1, 0.15) is 5.56 Å². The molecule has 1 atom stereocenters. The van der Waals surface area contributed by atoms with E-state index in [4.69, 9.17) is 15.4 Å². The Kier molecular flexibility index (Phi) is 5.31. The summed E-state index contributed by atoms with van der Waals surface area (Å²) in [6.45, 7) is 0. The molecule has 0 saturated heterocycles. The highest BCUT2D eigenvalue weighted by Crippen LogP contribution is 2.26. The Labute approximate surface area is 124 Å². The Bertz CT molecular complexity index is 547. The average molecular weight is 313 g/mol. The van der Waals surface area contributed by atoms with Crippen LogP contribution in [0, 0.1) is 0 Å². The molecule has 0 radical (unpaired) electrons. The number of thiol groups is 1. The fourth-order valence-corrected chi connectivity index (χ4v) is 3.09. The Morgan fingerprint density at radius 1 is 1.37 bits per heavy atom. The van der Waals surface area contributed by atoms with Gasteiger partial charge in [0.25, 0.3) is 0 Å². The summed E-state index contributed by atoms with van der Waals surface area (Å²) >= 11 is 0.924. The van der Waals surface area contributed by atoms with Crippen molar-refractivity contribution in [1.82, 2.24) is 0 Å². The van der Waals surface area contributed by atoms with E-state index in [0.717, 1.165) is 27.4 Å². The molecule has 2 nitrogen and oxygen atoms in total. The van der Waals surface area contributed by atoms with Gasteiger partial charge in [0.1, 0.15) is 5.25 Å². The van der Waals surface area contributed by atoms with E-state index in [1.165, 1.54) is 18.1 Å². The first kappa shape index (κ1) is 14.4. The van der Waals surface area contributed by atoms with Crippen molar-refractivity contribution in [2.45, 2.75) is 10.1 Å². The van der Waals surface area contributed by atoms with Gasteiger partial charge in [-0.15, -0.1) is 0 Å². The summed E-state index contributed by atoms with van der Waals surface area (Å²) < 4.78 is 4.81. The van der Waals surface area contributed by atoms with Gasteiger partial charge in [-0.05, 0) is 50.3 Å². The lowest BCUT2D eigenvalue weighted by molar-refractivity contribution is -0.138. The summed E-state index contributed by atoms with van der Waals surface area (Å²) in [5.74, 6) is -0.216. The molecule has 19 heavy (non-hydrogen) atoms.